The number of carbonyl (C=O) groups is 5. The zero-order chi connectivity index (χ0) is 21.0. The van der Waals surface area contributed by atoms with Gasteiger partial charge in [-0.2, -0.15) is 0 Å². The number of rotatable bonds is 8. The molecule has 1 aromatic rings. The van der Waals surface area contributed by atoms with Crippen molar-refractivity contribution < 1.29 is 24.0 Å². The first-order valence-electron chi connectivity index (χ1n) is 10.0. The third-order valence-electron chi connectivity index (χ3n) is 5.29. The Morgan fingerprint density at radius 1 is 1.14 bits per heavy atom. The maximum absolute atomic E-state index is 13.0. The summed E-state index contributed by atoms with van der Waals surface area (Å²) < 4.78 is 0. The maximum atomic E-state index is 13.0. The van der Waals surface area contributed by atoms with Crippen LogP contribution in [0.2, 0.25) is 0 Å². The molecule has 0 spiro atoms. The minimum Gasteiger partial charge on any atom is -0.352 e. The van der Waals surface area contributed by atoms with E-state index in [9.17, 15) is 24.0 Å². The lowest BCUT2D eigenvalue weighted by Crippen LogP contribution is -2.54. The minimum atomic E-state index is -0.999. The number of carbonyl (C=O) groups excluding carboxylic acids is 5. The van der Waals surface area contributed by atoms with Gasteiger partial charge in [0.25, 0.3) is 11.8 Å². The number of nitrogens with zero attached hydrogens (tertiary/aromatic N) is 1. The molecule has 8 heteroatoms. The molecule has 2 aliphatic rings. The van der Waals surface area contributed by atoms with Crippen LogP contribution in [0, 0.1) is 0 Å². The normalized spacial score (nSPS) is 18.7. The van der Waals surface area contributed by atoms with E-state index in [2.05, 4.69) is 17.6 Å². The first-order valence-corrected chi connectivity index (χ1v) is 10.0. The summed E-state index contributed by atoms with van der Waals surface area (Å²) in [6.45, 7) is 2.24. The molecule has 0 aromatic heterocycles. The summed E-state index contributed by atoms with van der Waals surface area (Å²) in [6, 6.07) is 3.88. The van der Waals surface area contributed by atoms with Crippen molar-refractivity contribution in [3.05, 3.63) is 34.9 Å². The van der Waals surface area contributed by atoms with Crippen LogP contribution in [0.15, 0.2) is 18.2 Å². The van der Waals surface area contributed by atoms with Crippen molar-refractivity contribution in [3.63, 3.8) is 0 Å². The van der Waals surface area contributed by atoms with Crippen molar-refractivity contribution >= 4 is 29.5 Å². The second-order valence-corrected chi connectivity index (χ2v) is 7.37. The summed E-state index contributed by atoms with van der Waals surface area (Å²) in [7, 11) is 0. The van der Waals surface area contributed by atoms with Gasteiger partial charge in [-0.15, -0.1) is 0 Å². The van der Waals surface area contributed by atoms with Gasteiger partial charge in [0.2, 0.25) is 17.7 Å². The van der Waals surface area contributed by atoms with E-state index in [0.717, 1.165) is 30.6 Å². The van der Waals surface area contributed by atoms with Crippen LogP contribution in [0.25, 0.3) is 0 Å². The molecule has 1 atom stereocenters. The molecular weight excluding hydrogens is 374 g/mol. The van der Waals surface area contributed by atoms with Gasteiger partial charge in [0.15, 0.2) is 0 Å². The third kappa shape index (κ3) is 4.36. The lowest BCUT2D eigenvalue weighted by molar-refractivity contribution is -0.136. The van der Waals surface area contributed by atoms with Gasteiger partial charge < -0.3 is 5.32 Å². The van der Waals surface area contributed by atoms with Crippen LogP contribution >= 0.6 is 0 Å². The van der Waals surface area contributed by atoms with E-state index in [-0.39, 0.29) is 36.4 Å². The average Bonchev–Trinajstić information content (AvgIpc) is 2.95. The van der Waals surface area contributed by atoms with Crippen LogP contribution in [-0.2, 0) is 20.9 Å². The molecular formula is C21H25N3O5. The SMILES string of the molecule is CCCCCCC(=O)NCc1cccc2c1C(=O)N(C1CCC(=O)NC1=O)C2=O. The first kappa shape index (κ1) is 20.7. The third-order valence-corrected chi connectivity index (χ3v) is 5.29. The molecule has 1 saturated heterocycles. The summed E-state index contributed by atoms with van der Waals surface area (Å²) >= 11 is 0. The number of benzene rings is 1. The number of nitrogens with one attached hydrogen (secondary N) is 2. The Morgan fingerprint density at radius 3 is 2.66 bits per heavy atom. The lowest BCUT2D eigenvalue weighted by atomic mass is 10.0. The Morgan fingerprint density at radius 2 is 1.93 bits per heavy atom. The van der Waals surface area contributed by atoms with E-state index in [1.54, 1.807) is 12.1 Å². The van der Waals surface area contributed by atoms with E-state index in [0.29, 0.717) is 12.0 Å². The molecule has 2 heterocycles. The van der Waals surface area contributed by atoms with E-state index in [1.807, 2.05) is 0 Å². The number of hydrogen-bond acceptors (Lipinski definition) is 5. The van der Waals surface area contributed by atoms with E-state index >= 15 is 0 Å². The van der Waals surface area contributed by atoms with Gasteiger partial charge in [-0.25, -0.2) is 0 Å². The van der Waals surface area contributed by atoms with E-state index < -0.39 is 29.7 Å². The highest BCUT2D eigenvalue weighted by atomic mass is 16.2. The van der Waals surface area contributed by atoms with Crippen LogP contribution in [0.3, 0.4) is 0 Å². The Labute approximate surface area is 169 Å². The molecule has 1 unspecified atom stereocenters. The number of amides is 5. The Hall–Kier alpha value is -3.03. The highest BCUT2D eigenvalue weighted by Crippen LogP contribution is 2.29. The molecule has 2 N–H and O–H groups in total. The Kier molecular flexibility index (Phi) is 6.41. The average molecular weight is 399 g/mol. The highest BCUT2D eigenvalue weighted by Gasteiger charge is 2.45. The number of fused-ring (bicyclic) bond motifs is 1. The molecule has 8 nitrogen and oxygen atoms in total. The molecule has 2 aliphatic heterocycles. The molecule has 154 valence electrons. The molecule has 1 aromatic carbocycles. The van der Waals surface area contributed by atoms with E-state index in [1.165, 1.54) is 6.07 Å². The maximum Gasteiger partial charge on any atom is 0.262 e. The molecule has 0 saturated carbocycles. The van der Waals surface area contributed by atoms with Gasteiger partial charge in [-0.1, -0.05) is 38.3 Å². The van der Waals surface area contributed by atoms with Gasteiger partial charge in [0.1, 0.15) is 6.04 Å². The Balaban J connectivity index is 1.71. The number of piperidine rings is 1. The molecule has 1 fully saturated rings. The molecule has 0 bridgehead atoms. The smallest absolute Gasteiger partial charge is 0.262 e. The van der Waals surface area contributed by atoms with Crippen molar-refractivity contribution in [2.75, 3.05) is 0 Å². The zero-order valence-corrected chi connectivity index (χ0v) is 16.5. The van der Waals surface area contributed by atoms with Crippen LogP contribution in [0.1, 0.15) is 78.1 Å². The molecule has 3 rings (SSSR count). The van der Waals surface area contributed by atoms with Crippen molar-refractivity contribution in [1.82, 2.24) is 15.5 Å². The zero-order valence-electron chi connectivity index (χ0n) is 16.5. The van der Waals surface area contributed by atoms with E-state index in [4.69, 9.17) is 0 Å². The second kappa shape index (κ2) is 8.98. The molecule has 29 heavy (non-hydrogen) atoms. The largest absolute Gasteiger partial charge is 0.352 e. The van der Waals surface area contributed by atoms with Crippen molar-refractivity contribution in [1.29, 1.82) is 0 Å². The van der Waals surface area contributed by atoms with Crippen LogP contribution in [-0.4, -0.2) is 40.5 Å². The van der Waals surface area contributed by atoms with Crippen molar-refractivity contribution in [3.8, 4) is 0 Å². The number of hydrogen-bond donors (Lipinski definition) is 2. The fourth-order valence-corrected chi connectivity index (χ4v) is 3.73. The summed E-state index contributed by atoms with van der Waals surface area (Å²) in [4.78, 5) is 62.3. The predicted octanol–water partition coefficient (Wildman–Crippen LogP) is 1.67. The van der Waals surface area contributed by atoms with Gasteiger partial charge in [0.05, 0.1) is 11.1 Å². The topological polar surface area (TPSA) is 113 Å². The fourth-order valence-electron chi connectivity index (χ4n) is 3.73. The first-order chi connectivity index (χ1) is 13.9. The minimum absolute atomic E-state index is 0.0742. The summed E-state index contributed by atoms with van der Waals surface area (Å²) in [5.41, 5.74) is 0.973. The highest BCUT2D eigenvalue weighted by molar-refractivity contribution is 6.24. The second-order valence-electron chi connectivity index (χ2n) is 7.37. The monoisotopic (exact) mass is 399 g/mol. The number of imide groups is 2. The van der Waals surface area contributed by atoms with Gasteiger partial charge >= 0.3 is 0 Å². The van der Waals surface area contributed by atoms with Gasteiger partial charge in [-0.05, 0) is 24.5 Å². The standard InChI is InChI=1S/C21H25N3O5/c1-2-3-4-5-9-16(25)22-12-13-7-6-8-14-18(13)21(29)24(20(14)28)15-10-11-17(26)23-19(15)27/h6-8,15H,2-5,9-12H2,1H3,(H,22,25)(H,23,26,27). The molecule has 0 radical (unpaired) electrons. The quantitative estimate of drug-likeness (QED) is 0.510. The summed E-state index contributed by atoms with van der Waals surface area (Å²) in [5, 5.41) is 4.98. The van der Waals surface area contributed by atoms with Crippen molar-refractivity contribution in [2.45, 2.75) is 64.5 Å². The lowest BCUT2D eigenvalue weighted by Gasteiger charge is -2.27. The summed E-state index contributed by atoms with van der Waals surface area (Å²) in [5.74, 6) is -2.26. The van der Waals surface area contributed by atoms with Crippen LogP contribution in [0.4, 0.5) is 0 Å². The van der Waals surface area contributed by atoms with Gasteiger partial charge in [0, 0.05) is 19.4 Å². The summed E-state index contributed by atoms with van der Waals surface area (Å²) in [6.07, 6.45) is 4.60. The number of unbranched alkanes of at least 4 members (excludes halogenated alkanes) is 3. The Bertz CT molecular complexity index is 864. The fraction of sp³-hybridized carbons (Fsp3) is 0.476. The van der Waals surface area contributed by atoms with Crippen LogP contribution < -0.4 is 10.6 Å². The molecule has 0 aliphatic carbocycles. The molecule has 5 amide bonds. The van der Waals surface area contributed by atoms with Gasteiger partial charge in [-0.3, -0.25) is 34.2 Å². The van der Waals surface area contributed by atoms with Crippen LogP contribution in [0.5, 0.6) is 0 Å². The predicted molar refractivity (Wildman–Crippen MR) is 104 cm³/mol. The van der Waals surface area contributed by atoms with Crippen molar-refractivity contribution in [2.24, 2.45) is 0 Å².